The van der Waals surface area contributed by atoms with Crippen LogP contribution in [0.25, 0.3) is 0 Å². The molecule has 0 aromatic heterocycles. The standard InChI is InChI=1S/C11H15NO3S/c1-8-4-3-5-9(11(13)14)10(8)12-6-7-16(2)15/h3-5,12H,6-7H2,1-2H3,(H,13,14). The molecular formula is C11H15NO3S. The quantitative estimate of drug-likeness (QED) is 0.819. The average Bonchev–Trinajstić information content (AvgIpc) is 2.19. The van der Waals surface area contributed by atoms with Crippen LogP contribution in [0, 0.1) is 6.92 Å². The van der Waals surface area contributed by atoms with Crippen molar-refractivity contribution < 1.29 is 14.1 Å². The highest BCUT2D eigenvalue weighted by Gasteiger charge is 2.11. The van der Waals surface area contributed by atoms with Crippen LogP contribution in [0.15, 0.2) is 18.2 Å². The molecule has 1 rings (SSSR count). The minimum absolute atomic E-state index is 0.252. The lowest BCUT2D eigenvalue weighted by molar-refractivity contribution is 0.0698. The van der Waals surface area contributed by atoms with Gasteiger partial charge in [0.1, 0.15) is 0 Å². The number of hydrogen-bond acceptors (Lipinski definition) is 3. The number of para-hydroxylation sites is 1. The minimum Gasteiger partial charge on any atom is -0.478 e. The largest absolute Gasteiger partial charge is 0.478 e. The van der Waals surface area contributed by atoms with Gasteiger partial charge in [0, 0.05) is 29.4 Å². The molecule has 0 saturated heterocycles. The lowest BCUT2D eigenvalue weighted by Gasteiger charge is -2.11. The maximum Gasteiger partial charge on any atom is 0.337 e. The molecule has 0 bridgehead atoms. The van der Waals surface area contributed by atoms with E-state index in [0.717, 1.165) is 5.56 Å². The normalized spacial score (nSPS) is 12.1. The zero-order valence-corrected chi connectivity index (χ0v) is 10.1. The van der Waals surface area contributed by atoms with Crippen LogP contribution < -0.4 is 5.32 Å². The van der Waals surface area contributed by atoms with E-state index >= 15 is 0 Å². The molecule has 0 aliphatic carbocycles. The van der Waals surface area contributed by atoms with Gasteiger partial charge in [-0.1, -0.05) is 12.1 Å². The van der Waals surface area contributed by atoms with Gasteiger partial charge in [0.25, 0.3) is 0 Å². The molecule has 16 heavy (non-hydrogen) atoms. The van der Waals surface area contributed by atoms with E-state index in [1.165, 1.54) is 0 Å². The number of aromatic carboxylic acids is 1. The molecule has 0 fully saturated rings. The third-order valence-corrected chi connectivity index (χ3v) is 2.97. The van der Waals surface area contributed by atoms with Crippen molar-refractivity contribution in [3.63, 3.8) is 0 Å². The second-order valence-electron chi connectivity index (χ2n) is 3.51. The molecular weight excluding hydrogens is 226 g/mol. The van der Waals surface area contributed by atoms with Crippen LogP contribution in [-0.2, 0) is 10.8 Å². The number of carboxylic acids is 1. The van der Waals surface area contributed by atoms with E-state index in [1.807, 2.05) is 13.0 Å². The predicted molar refractivity (Wildman–Crippen MR) is 65.6 cm³/mol. The molecule has 4 nitrogen and oxygen atoms in total. The summed E-state index contributed by atoms with van der Waals surface area (Å²) in [4.78, 5) is 11.0. The van der Waals surface area contributed by atoms with Gasteiger partial charge in [-0.15, -0.1) is 0 Å². The molecule has 1 aromatic carbocycles. The second-order valence-corrected chi connectivity index (χ2v) is 5.06. The fourth-order valence-corrected chi connectivity index (χ4v) is 1.79. The Morgan fingerprint density at radius 3 is 2.75 bits per heavy atom. The first-order chi connectivity index (χ1) is 7.52. The van der Waals surface area contributed by atoms with Crippen LogP contribution in [0.3, 0.4) is 0 Å². The molecule has 0 aliphatic heterocycles. The minimum atomic E-state index is -0.955. The Balaban J connectivity index is 2.84. The Labute approximate surface area is 97.1 Å². The Hall–Kier alpha value is -1.36. The highest BCUT2D eigenvalue weighted by molar-refractivity contribution is 7.84. The monoisotopic (exact) mass is 241 g/mol. The average molecular weight is 241 g/mol. The number of carbonyl (C=O) groups is 1. The summed E-state index contributed by atoms with van der Waals surface area (Å²) in [7, 11) is -0.873. The number of hydrogen-bond donors (Lipinski definition) is 2. The van der Waals surface area contributed by atoms with Gasteiger partial charge >= 0.3 is 5.97 Å². The predicted octanol–water partition coefficient (Wildman–Crippen LogP) is 1.48. The van der Waals surface area contributed by atoms with Crippen LogP contribution in [-0.4, -0.2) is 33.8 Å². The van der Waals surface area contributed by atoms with Gasteiger partial charge in [0.15, 0.2) is 0 Å². The molecule has 5 heteroatoms. The maximum absolute atomic E-state index is 11.0. The maximum atomic E-state index is 11.0. The molecule has 2 N–H and O–H groups in total. The Morgan fingerprint density at radius 2 is 2.19 bits per heavy atom. The highest BCUT2D eigenvalue weighted by Crippen LogP contribution is 2.20. The summed E-state index contributed by atoms with van der Waals surface area (Å²) in [5.74, 6) is -0.447. The first-order valence-electron chi connectivity index (χ1n) is 4.89. The summed E-state index contributed by atoms with van der Waals surface area (Å²) >= 11 is 0. The number of aryl methyl sites for hydroxylation is 1. The lowest BCUT2D eigenvalue weighted by Crippen LogP contribution is -2.13. The van der Waals surface area contributed by atoms with Gasteiger partial charge < -0.3 is 10.4 Å². The molecule has 0 saturated carbocycles. The lowest BCUT2D eigenvalue weighted by atomic mass is 10.1. The molecule has 0 amide bonds. The van der Waals surface area contributed by atoms with Gasteiger partial charge in [-0.05, 0) is 18.6 Å². The second kappa shape index (κ2) is 5.65. The van der Waals surface area contributed by atoms with Crippen LogP contribution in [0.5, 0.6) is 0 Å². The van der Waals surface area contributed by atoms with Gasteiger partial charge in [0.05, 0.1) is 11.3 Å². The van der Waals surface area contributed by atoms with Crippen molar-refractivity contribution >= 4 is 22.5 Å². The number of carboxylic acid groups (broad SMARTS) is 1. The van der Waals surface area contributed by atoms with E-state index in [-0.39, 0.29) is 5.56 Å². The summed E-state index contributed by atoms with van der Waals surface area (Å²) in [5.41, 5.74) is 1.74. The van der Waals surface area contributed by atoms with Crippen molar-refractivity contribution in [1.29, 1.82) is 0 Å². The Bertz CT molecular complexity index is 418. The molecule has 0 radical (unpaired) electrons. The van der Waals surface area contributed by atoms with Crippen LogP contribution in [0.2, 0.25) is 0 Å². The molecule has 0 heterocycles. The van der Waals surface area contributed by atoms with Crippen LogP contribution in [0.4, 0.5) is 5.69 Å². The van der Waals surface area contributed by atoms with Gasteiger partial charge in [-0.2, -0.15) is 0 Å². The van der Waals surface area contributed by atoms with Crippen LogP contribution >= 0.6 is 0 Å². The summed E-state index contributed by atoms with van der Waals surface area (Å²) in [6, 6.07) is 5.11. The zero-order chi connectivity index (χ0) is 12.1. The summed E-state index contributed by atoms with van der Waals surface area (Å²) in [6.07, 6.45) is 1.62. The molecule has 88 valence electrons. The number of nitrogens with one attached hydrogen (secondary N) is 1. The third-order valence-electron chi connectivity index (χ3n) is 2.19. The fraction of sp³-hybridized carbons (Fsp3) is 0.364. The van der Waals surface area contributed by atoms with E-state index in [1.54, 1.807) is 18.4 Å². The Morgan fingerprint density at radius 1 is 1.50 bits per heavy atom. The van der Waals surface area contributed by atoms with Gasteiger partial charge in [0.2, 0.25) is 0 Å². The molecule has 0 spiro atoms. The number of anilines is 1. The molecule has 1 aromatic rings. The molecule has 1 atom stereocenters. The van der Waals surface area contributed by atoms with Crippen LogP contribution in [0.1, 0.15) is 15.9 Å². The SMILES string of the molecule is Cc1cccc(C(=O)O)c1NCCS(C)=O. The summed E-state index contributed by atoms with van der Waals surface area (Å²) < 4.78 is 10.9. The number of benzene rings is 1. The summed E-state index contributed by atoms with van der Waals surface area (Å²) in [6.45, 7) is 2.35. The molecule has 0 aliphatic rings. The fourth-order valence-electron chi connectivity index (χ4n) is 1.40. The smallest absolute Gasteiger partial charge is 0.337 e. The van der Waals surface area contributed by atoms with Crippen molar-refractivity contribution in [2.24, 2.45) is 0 Å². The third kappa shape index (κ3) is 3.34. The van der Waals surface area contributed by atoms with E-state index < -0.39 is 16.8 Å². The van der Waals surface area contributed by atoms with E-state index in [4.69, 9.17) is 5.11 Å². The zero-order valence-electron chi connectivity index (χ0n) is 9.32. The van der Waals surface area contributed by atoms with Crippen molar-refractivity contribution in [3.8, 4) is 0 Å². The topological polar surface area (TPSA) is 66.4 Å². The summed E-state index contributed by atoms with van der Waals surface area (Å²) in [5, 5.41) is 12.0. The molecule has 1 unspecified atom stereocenters. The van der Waals surface area contributed by atoms with E-state index in [2.05, 4.69) is 5.32 Å². The van der Waals surface area contributed by atoms with Crippen molar-refractivity contribution in [3.05, 3.63) is 29.3 Å². The van der Waals surface area contributed by atoms with E-state index in [0.29, 0.717) is 18.0 Å². The van der Waals surface area contributed by atoms with Gasteiger partial charge in [-0.3, -0.25) is 4.21 Å². The van der Waals surface area contributed by atoms with E-state index in [9.17, 15) is 9.00 Å². The number of rotatable bonds is 5. The van der Waals surface area contributed by atoms with Crippen molar-refractivity contribution in [1.82, 2.24) is 0 Å². The van der Waals surface area contributed by atoms with Gasteiger partial charge in [-0.25, -0.2) is 4.79 Å². The first-order valence-corrected chi connectivity index (χ1v) is 6.62. The first kappa shape index (κ1) is 12.7. The van der Waals surface area contributed by atoms with Crippen molar-refractivity contribution in [2.75, 3.05) is 23.9 Å². The highest BCUT2D eigenvalue weighted by atomic mass is 32.2. The van der Waals surface area contributed by atoms with Crippen molar-refractivity contribution in [2.45, 2.75) is 6.92 Å². The Kier molecular flexibility index (Phi) is 4.49.